The zero-order valence-corrected chi connectivity index (χ0v) is 5.82. The number of rotatable bonds is 2. The van der Waals surface area contributed by atoms with Crippen LogP contribution in [0.5, 0.6) is 0 Å². The summed E-state index contributed by atoms with van der Waals surface area (Å²) in [5.74, 6) is 2.58. The number of hydrogen-bond donors (Lipinski definition) is 1. The van der Waals surface area contributed by atoms with Gasteiger partial charge < -0.3 is 0 Å². The van der Waals surface area contributed by atoms with Crippen LogP contribution in [0.1, 0.15) is 26.7 Å². The summed E-state index contributed by atoms with van der Waals surface area (Å²) in [5.41, 5.74) is 0. The molecule has 0 saturated carbocycles. The fourth-order valence-corrected chi connectivity index (χ4v) is 0.422. The molecule has 2 nitrogen and oxygen atoms in total. The van der Waals surface area contributed by atoms with Gasteiger partial charge in [0.15, 0.2) is 0 Å². The van der Waals surface area contributed by atoms with Gasteiger partial charge in [0.1, 0.15) is 0 Å². The highest BCUT2D eigenvalue weighted by atomic mass is 16.1. The van der Waals surface area contributed by atoms with Crippen molar-refractivity contribution in [3.63, 3.8) is 0 Å². The molecule has 2 heteroatoms. The third-order valence-electron chi connectivity index (χ3n) is 0.804. The molecule has 0 saturated heterocycles. The van der Waals surface area contributed by atoms with Gasteiger partial charge in [-0.25, -0.2) is 0 Å². The van der Waals surface area contributed by atoms with Gasteiger partial charge in [0.2, 0.25) is 5.91 Å². The van der Waals surface area contributed by atoms with Crippen LogP contribution in [-0.2, 0) is 4.79 Å². The van der Waals surface area contributed by atoms with Crippen LogP contribution in [0, 0.1) is 12.0 Å². The molecule has 0 aromatic heterocycles. The van der Waals surface area contributed by atoms with Crippen molar-refractivity contribution in [2.24, 2.45) is 0 Å². The van der Waals surface area contributed by atoms with E-state index >= 15 is 0 Å². The summed E-state index contributed by atoms with van der Waals surface area (Å²) in [5, 5.41) is 2.43. The van der Waals surface area contributed by atoms with Gasteiger partial charge in [-0.1, -0.05) is 12.8 Å². The van der Waals surface area contributed by atoms with E-state index in [1.165, 1.54) is 0 Å². The lowest BCUT2D eigenvalue weighted by atomic mass is 10.3. The molecule has 0 radical (unpaired) electrons. The Morgan fingerprint density at radius 3 is 2.78 bits per heavy atom. The first-order valence-corrected chi connectivity index (χ1v) is 3.01. The van der Waals surface area contributed by atoms with Crippen LogP contribution >= 0.6 is 0 Å². The maximum absolute atomic E-state index is 10.6. The van der Waals surface area contributed by atoms with Crippen LogP contribution in [0.4, 0.5) is 0 Å². The number of carbonyl (C=O) groups is 1. The van der Waals surface area contributed by atoms with Crippen molar-refractivity contribution in [3.05, 3.63) is 0 Å². The molecule has 0 spiro atoms. The fraction of sp³-hybridized carbons (Fsp3) is 0.571. The lowest BCUT2D eigenvalue weighted by Gasteiger charge is -1.91. The standard InChI is InChI=1S/C7H11NO/c1-3-5-7(9)8-6-4-2/h3,5H2,1-2H3,(H,8,9). The van der Waals surface area contributed by atoms with Gasteiger partial charge in [-0.15, -0.1) is 0 Å². The SMILES string of the molecule is CC#CNC(=O)CCC. The minimum absolute atomic E-state index is 0.00634. The van der Waals surface area contributed by atoms with Crippen molar-refractivity contribution in [2.75, 3.05) is 0 Å². The van der Waals surface area contributed by atoms with Gasteiger partial charge in [-0.3, -0.25) is 10.1 Å². The zero-order valence-electron chi connectivity index (χ0n) is 5.82. The van der Waals surface area contributed by atoms with Crippen molar-refractivity contribution in [3.8, 4) is 12.0 Å². The second-order valence-electron chi connectivity index (χ2n) is 1.67. The Bertz CT molecular complexity index is 141. The molecule has 0 aromatic carbocycles. The van der Waals surface area contributed by atoms with E-state index in [1.807, 2.05) is 6.92 Å². The van der Waals surface area contributed by atoms with E-state index < -0.39 is 0 Å². The fourth-order valence-electron chi connectivity index (χ4n) is 0.422. The number of nitrogens with one attached hydrogen (secondary N) is 1. The first-order valence-electron chi connectivity index (χ1n) is 3.01. The number of amides is 1. The first-order chi connectivity index (χ1) is 4.31. The summed E-state index contributed by atoms with van der Waals surface area (Å²) in [6.07, 6.45) is 1.44. The Hall–Kier alpha value is -0.970. The molecule has 1 N–H and O–H groups in total. The van der Waals surface area contributed by atoms with Crippen molar-refractivity contribution in [1.29, 1.82) is 0 Å². The molecule has 0 bridgehead atoms. The Labute approximate surface area is 55.6 Å². The maximum atomic E-state index is 10.6. The third-order valence-corrected chi connectivity index (χ3v) is 0.804. The van der Waals surface area contributed by atoms with Crippen LogP contribution in [-0.4, -0.2) is 5.91 Å². The molecular weight excluding hydrogens is 114 g/mol. The topological polar surface area (TPSA) is 29.1 Å². The second kappa shape index (κ2) is 5.17. The van der Waals surface area contributed by atoms with Crippen LogP contribution in [0.25, 0.3) is 0 Å². The van der Waals surface area contributed by atoms with E-state index in [2.05, 4.69) is 17.3 Å². The molecule has 0 aliphatic heterocycles. The Morgan fingerprint density at radius 2 is 2.33 bits per heavy atom. The number of carbonyl (C=O) groups excluding carboxylic acids is 1. The van der Waals surface area contributed by atoms with Gasteiger partial charge in [0.25, 0.3) is 0 Å². The summed E-state index contributed by atoms with van der Waals surface area (Å²) in [6, 6.07) is 2.48. The van der Waals surface area contributed by atoms with Crippen molar-refractivity contribution in [2.45, 2.75) is 26.7 Å². The maximum Gasteiger partial charge on any atom is 0.231 e. The average molecular weight is 125 g/mol. The Kier molecular flexibility index (Phi) is 4.61. The predicted molar refractivity (Wildman–Crippen MR) is 36.5 cm³/mol. The highest BCUT2D eigenvalue weighted by Crippen LogP contribution is 1.83. The van der Waals surface area contributed by atoms with Crippen molar-refractivity contribution < 1.29 is 4.79 Å². The van der Waals surface area contributed by atoms with E-state index in [9.17, 15) is 4.79 Å². The van der Waals surface area contributed by atoms with Crippen LogP contribution in [0.2, 0.25) is 0 Å². The summed E-state index contributed by atoms with van der Waals surface area (Å²) in [7, 11) is 0. The lowest BCUT2D eigenvalue weighted by Crippen LogP contribution is -2.16. The molecular formula is C7H11NO. The molecule has 0 aliphatic carbocycles. The molecule has 9 heavy (non-hydrogen) atoms. The summed E-state index contributed by atoms with van der Waals surface area (Å²) < 4.78 is 0. The average Bonchev–Trinajstić information content (AvgIpc) is 1.85. The quantitative estimate of drug-likeness (QED) is 0.431. The molecule has 0 heterocycles. The monoisotopic (exact) mass is 125 g/mol. The summed E-state index contributed by atoms with van der Waals surface area (Å²) >= 11 is 0. The predicted octanol–water partition coefficient (Wildman–Crippen LogP) is 0.883. The Balaban J connectivity index is 3.35. The molecule has 0 rings (SSSR count). The van der Waals surface area contributed by atoms with E-state index in [1.54, 1.807) is 6.92 Å². The van der Waals surface area contributed by atoms with Gasteiger partial charge in [-0.2, -0.15) is 0 Å². The van der Waals surface area contributed by atoms with E-state index in [-0.39, 0.29) is 5.91 Å². The van der Waals surface area contributed by atoms with E-state index in [4.69, 9.17) is 0 Å². The summed E-state index contributed by atoms with van der Waals surface area (Å²) in [4.78, 5) is 10.6. The van der Waals surface area contributed by atoms with Crippen molar-refractivity contribution in [1.82, 2.24) is 5.32 Å². The minimum Gasteiger partial charge on any atom is -0.285 e. The lowest BCUT2D eigenvalue weighted by molar-refractivity contribution is -0.119. The van der Waals surface area contributed by atoms with Gasteiger partial charge in [0, 0.05) is 12.5 Å². The molecule has 0 atom stereocenters. The van der Waals surface area contributed by atoms with Crippen molar-refractivity contribution >= 4 is 5.91 Å². The van der Waals surface area contributed by atoms with E-state index in [0.717, 1.165) is 6.42 Å². The third kappa shape index (κ3) is 4.89. The molecule has 0 unspecified atom stereocenters. The molecule has 0 aromatic rings. The second-order valence-corrected chi connectivity index (χ2v) is 1.67. The van der Waals surface area contributed by atoms with Crippen LogP contribution < -0.4 is 5.32 Å². The highest BCUT2D eigenvalue weighted by Gasteiger charge is 1.92. The molecule has 0 aliphatic rings. The normalized spacial score (nSPS) is 7.33. The molecule has 0 fully saturated rings. The van der Waals surface area contributed by atoms with Crippen LogP contribution in [0.15, 0.2) is 0 Å². The molecule has 1 amide bonds. The smallest absolute Gasteiger partial charge is 0.231 e. The Morgan fingerprint density at radius 1 is 1.67 bits per heavy atom. The van der Waals surface area contributed by atoms with Crippen LogP contribution in [0.3, 0.4) is 0 Å². The molecule has 50 valence electrons. The summed E-state index contributed by atoms with van der Waals surface area (Å²) in [6.45, 7) is 3.64. The highest BCUT2D eigenvalue weighted by molar-refractivity contribution is 5.77. The largest absolute Gasteiger partial charge is 0.285 e. The van der Waals surface area contributed by atoms with Gasteiger partial charge in [-0.05, 0) is 13.3 Å². The van der Waals surface area contributed by atoms with Gasteiger partial charge in [0.05, 0.1) is 0 Å². The minimum atomic E-state index is 0.00634. The van der Waals surface area contributed by atoms with E-state index in [0.29, 0.717) is 6.42 Å². The number of hydrogen-bond acceptors (Lipinski definition) is 1. The first kappa shape index (κ1) is 8.03. The van der Waals surface area contributed by atoms with Gasteiger partial charge >= 0.3 is 0 Å². The zero-order chi connectivity index (χ0) is 7.11.